The molecule has 0 aliphatic carbocycles. The molecule has 0 fully saturated rings. The highest BCUT2D eigenvalue weighted by molar-refractivity contribution is 7.07. The second-order valence-electron chi connectivity index (χ2n) is 8.42. The first kappa shape index (κ1) is 25.3. The molecule has 0 radical (unpaired) electrons. The Morgan fingerprint density at radius 2 is 1.95 bits per heavy atom. The van der Waals surface area contributed by atoms with E-state index in [1.54, 1.807) is 50.3 Å². The summed E-state index contributed by atoms with van der Waals surface area (Å²) in [6.45, 7) is 5.01. The normalized spacial score (nSPS) is 16.1. The lowest BCUT2D eigenvalue weighted by molar-refractivity contribution is -0.139. The van der Waals surface area contributed by atoms with E-state index in [9.17, 15) is 14.4 Å². The molecule has 0 saturated carbocycles. The van der Waals surface area contributed by atoms with Crippen molar-refractivity contribution in [3.63, 3.8) is 0 Å². The maximum Gasteiger partial charge on any atom is 0.338 e. The van der Waals surface area contributed by atoms with E-state index < -0.39 is 18.0 Å². The van der Waals surface area contributed by atoms with Gasteiger partial charge in [-0.2, -0.15) is 0 Å². The lowest BCUT2D eigenvalue weighted by Gasteiger charge is -2.25. The number of thiazole rings is 1. The molecule has 3 aromatic rings. The van der Waals surface area contributed by atoms with E-state index in [0.29, 0.717) is 32.1 Å². The summed E-state index contributed by atoms with van der Waals surface area (Å²) >= 11 is 1.21. The van der Waals surface area contributed by atoms with Gasteiger partial charge in [-0.15, -0.1) is 0 Å². The van der Waals surface area contributed by atoms with E-state index in [4.69, 9.17) is 23.7 Å². The number of benzene rings is 2. The van der Waals surface area contributed by atoms with Gasteiger partial charge in [-0.3, -0.25) is 14.2 Å². The van der Waals surface area contributed by atoms with Gasteiger partial charge in [0.15, 0.2) is 27.8 Å². The lowest BCUT2D eigenvalue weighted by Crippen LogP contribution is -2.40. The second kappa shape index (κ2) is 10.2. The van der Waals surface area contributed by atoms with Gasteiger partial charge < -0.3 is 23.7 Å². The van der Waals surface area contributed by atoms with E-state index in [2.05, 4.69) is 4.99 Å². The monoisotopic (exact) mass is 536 g/mol. The van der Waals surface area contributed by atoms with Crippen molar-refractivity contribution < 1.29 is 33.3 Å². The summed E-state index contributed by atoms with van der Waals surface area (Å²) < 4.78 is 28.7. The fourth-order valence-electron chi connectivity index (χ4n) is 4.35. The van der Waals surface area contributed by atoms with Crippen LogP contribution in [0.3, 0.4) is 0 Å². The number of hydrogen-bond acceptors (Lipinski definition) is 10. The molecule has 38 heavy (non-hydrogen) atoms. The molecule has 3 heterocycles. The highest BCUT2D eigenvalue weighted by Crippen LogP contribution is 2.36. The molecule has 0 amide bonds. The van der Waals surface area contributed by atoms with Gasteiger partial charge in [-0.25, -0.2) is 9.79 Å². The molecule has 10 nitrogen and oxygen atoms in total. The van der Waals surface area contributed by atoms with Crippen LogP contribution in [-0.4, -0.2) is 37.0 Å². The van der Waals surface area contributed by atoms with Crippen LogP contribution >= 0.6 is 11.3 Å². The van der Waals surface area contributed by atoms with Crippen LogP contribution in [0, 0.1) is 0 Å². The highest BCUT2D eigenvalue weighted by atomic mass is 32.1. The van der Waals surface area contributed by atoms with Crippen molar-refractivity contribution in [2.45, 2.75) is 26.8 Å². The maximum absolute atomic E-state index is 13.8. The van der Waals surface area contributed by atoms with Gasteiger partial charge in [0.2, 0.25) is 6.79 Å². The number of aromatic nitrogens is 1. The van der Waals surface area contributed by atoms with Crippen molar-refractivity contribution in [3.8, 4) is 23.0 Å². The Labute approximate surface area is 221 Å². The number of allylic oxidation sites excluding steroid dienone is 1. The largest absolute Gasteiger partial charge is 0.493 e. The van der Waals surface area contributed by atoms with Gasteiger partial charge in [0.25, 0.3) is 5.56 Å². The number of carbonyl (C=O) groups excluding carboxylic acids is 2. The molecule has 0 spiro atoms. The Balaban J connectivity index is 1.69. The van der Waals surface area contributed by atoms with Crippen LogP contribution < -0.4 is 33.8 Å². The summed E-state index contributed by atoms with van der Waals surface area (Å²) in [7, 11) is 1.44. The zero-order valence-corrected chi connectivity index (χ0v) is 21.9. The number of ether oxygens (including phenoxy) is 5. The first-order valence-electron chi connectivity index (χ1n) is 11.8. The number of fused-ring (bicyclic) bond motifs is 2. The van der Waals surface area contributed by atoms with Gasteiger partial charge in [-0.05, 0) is 55.3 Å². The third-order valence-electron chi connectivity index (χ3n) is 5.97. The summed E-state index contributed by atoms with van der Waals surface area (Å²) in [5.41, 5.74) is 1.66. The molecule has 0 N–H and O–H groups in total. The summed E-state index contributed by atoms with van der Waals surface area (Å²) in [4.78, 5) is 43.4. The fraction of sp³-hybridized carbons (Fsp3) is 0.259. The van der Waals surface area contributed by atoms with Crippen molar-refractivity contribution >= 4 is 29.4 Å². The standard InChI is InChI=1S/C27H24N2O8S/c1-5-34-26(32)23-14(2)28-27-29(24(23)17-7-9-19(37-15(3)30)20(12-17)33-4)25(31)22(38-27)11-16-6-8-18-21(10-16)36-13-35-18/h6-12,24H,5,13H2,1-4H3/b22-11-/t24-/m1/s1. The highest BCUT2D eigenvalue weighted by Gasteiger charge is 2.34. The second-order valence-corrected chi connectivity index (χ2v) is 9.43. The minimum atomic E-state index is -0.843. The zero-order chi connectivity index (χ0) is 27.0. The molecule has 1 atom stereocenters. The smallest absolute Gasteiger partial charge is 0.338 e. The molecule has 0 bridgehead atoms. The van der Waals surface area contributed by atoms with Crippen LogP contribution in [0.25, 0.3) is 6.08 Å². The molecular formula is C27H24N2O8S. The van der Waals surface area contributed by atoms with Gasteiger partial charge in [0.1, 0.15) is 0 Å². The summed E-state index contributed by atoms with van der Waals surface area (Å²) in [6.07, 6.45) is 1.75. The van der Waals surface area contributed by atoms with Crippen LogP contribution in [0.4, 0.5) is 0 Å². The number of hydrogen-bond donors (Lipinski definition) is 0. The SMILES string of the molecule is CCOC(=O)C1=C(C)N=c2s/c(=C\c3ccc4c(c3)OCO4)c(=O)n2[C@@H]1c1ccc(OC(C)=O)c(OC)c1. The molecule has 2 aromatic carbocycles. The summed E-state index contributed by atoms with van der Waals surface area (Å²) in [5.74, 6) is 0.659. The van der Waals surface area contributed by atoms with E-state index in [1.165, 1.54) is 29.9 Å². The Hall–Kier alpha value is -4.38. The van der Waals surface area contributed by atoms with Crippen molar-refractivity contribution in [1.82, 2.24) is 4.57 Å². The average molecular weight is 537 g/mol. The summed E-state index contributed by atoms with van der Waals surface area (Å²) in [5, 5.41) is 0. The predicted molar refractivity (Wildman–Crippen MR) is 137 cm³/mol. The zero-order valence-electron chi connectivity index (χ0n) is 21.1. The number of nitrogens with zero attached hydrogens (tertiary/aromatic N) is 2. The lowest BCUT2D eigenvalue weighted by atomic mass is 9.95. The number of methoxy groups -OCH3 is 1. The van der Waals surface area contributed by atoms with Gasteiger partial charge >= 0.3 is 11.9 Å². The van der Waals surface area contributed by atoms with Crippen LogP contribution in [0.5, 0.6) is 23.0 Å². The van der Waals surface area contributed by atoms with E-state index in [-0.39, 0.29) is 36.0 Å². The van der Waals surface area contributed by atoms with Crippen LogP contribution in [0.2, 0.25) is 0 Å². The molecule has 2 aliphatic rings. The maximum atomic E-state index is 13.8. The van der Waals surface area contributed by atoms with Crippen molar-refractivity contribution in [2.24, 2.45) is 4.99 Å². The number of rotatable bonds is 6. The van der Waals surface area contributed by atoms with Crippen LogP contribution in [0.1, 0.15) is 37.9 Å². The third kappa shape index (κ3) is 4.56. The van der Waals surface area contributed by atoms with Gasteiger partial charge in [-0.1, -0.05) is 23.5 Å². The predicted octanol–water partition coefficient (Wildman–Crippen LogP) is 2.46. The van der Waals surface area contributed by atoms with E-state index >= 15 is 0 Å². The molecule has 0 unspecified atom stereocenters. The number of carbonyl (C=O) groups is 2. The van der Waals surface area contributed by atoms with Gasteiger partial charge in [0, 0.05) is 6.92 Å². The molecule has 2 aliphatic heterocycles. The molecule has 0 saturated heterocycles. The van der Waals surface area contributed by atoms with Crippen LogP contribution in [-0.2, 0) is 14.3 Å². The number of esters is 2. The van der Waals surface area contributed by atoms with Gasteiger partial charge in [0.05, 0.1) is 35.6 Å². The molecule has 5 rings (SSSR count). The van der Waals surface area contributed by atoms with E-state index in [1.807, 2.05) is 6.07 Å². The summed E-state index contributed by atoms with van der Waals surface area (Å²) in [6, 6.07) is 9.45. The molecule has 11 heteroatoms. The average Bonchev–Trinajstić information content (AvgIpc) is 3.47. The van der Waals surface area contributed by atoms with E-state index in [0.717, 1.165) is 5.56 Å². The molecular weight excluding hydrogens is 512 g/mol. The Morgan fingerprint density at radius 3 is 2.68 bits per heavy atom. The van der Waals surface area contributed by atoms with Crippen molar-refractivity contribution in [2.75, 3.05) is 20.5 Å². The quantitative estimate of drug-likeness (QED) is 0.349. The Bertz CT molecular complexity index is 1670. The molecule has 196 valence electrons. The first-order chi connectivity index (χ1) is 18.3. The fourth-order valence-corrected chi connectivity index (χ4v) is 5.40. The minimum absolute atomic E-state index is 0.149. The minimum Gasteiger partial charge on any atom is -0.493 e. The topological polar surface area (TPSA) is 115 Å². The Kier molecular flexibility index (Phi) is 6.77. The van der Waals surface area contributed by atoms with Crippen molar-refractivity contribution in [1.29, 1.82) is 0 Å². The van der Waals surface area contributed by atoms with Crippen molar-refractivity contribution in [3.05, 3.63) is 78.5 Å². The first-order valence-corrected chi connectivity index (χ1v) is 12.6. The Morgan fingerprint density at radius 1 is 1.16 bits per heavy atom. The molecule has 1 aromatic heterocycles. The third-order valence-corrected chi connectivity index (χ3v) is 6.95. The van der Waals surface area contributed by atoms with Crippen LogP contribution in [0.15, 0.2) is 57.5 Å².